The van der Waals surface area contributed by atoms with Gasteiger partial charge < -0.3 is 51.7 Å². The normalized spacial score (nSPS) is 18.3. The Kier molecular flexibility index (Phi) is 20.5. The summed E-state index contributed by atoms with van der Waals surface area (Å²) in [5.74, 6) is -3.26. The van der Waals surface area contributed by atoms with Gasteiger partial charge in [0.1, 0.15) is 68.4 Å². The predicted octanol–water partition coefficient (Wildman–Crippen LogP) is 13.8. The summed E-state index contributed by atoms with van der Waals surface area (Å²) in [5, 5.41) is 26.6. The molecule has 0 amide bonds. The Morgan fingerprint density at radius 2 is 0.919 bits per heavy atom. The van der Waals surface area contributed by atoms with Crippen molar-refractivity contribution < 1.29 is 75.0 Å². The second kappa shape index (κ2) is 28.0. The molecule has 2 saturated carbocycles. The lowest BCUT2D eigenvalue weighted by atomic mass is 9.68. The van der Waals surface area contributed by atoms with E-state index in [1.165, 1.54) is 44.2 Å². The van der Waals surface area contributed by atoms with Crippen LogP contribution in [0.1, 0.15) is 90.8 Å². The highest BCUT2D eigenvalue weighted by molar-refractivity contribution is 5.97. The molecule has 10 N–H and O–H groups in total. The van der Waals surface area contributed by atoms with E-state index in [0.717, 1.165) is 116 Å². The molecule has 33 heteroatoms. The van der Waals surface area contributed by atoms with E-state index in [4.69, 9.17) is 16.3 Å². The fourth-order valence-corrected chi connectivity index (χ4v) is 11.9. The Morgan fingerprint density at radius 3 is 1.32 bits per heavy atom. The summed E-state index contributed by atoms with van der Waals surface area (Å²) in [6, 6.07) is 20.4. The van der Waals surface area contributed by atoms with Crippen LogP contribution in [0.25, 0.3) is 21.8 Å². The van der Waals surface area contributed by atoms with Crippen LogP contribution in [0.4, 0.5) is 104 Å². The third-order valence-corrected chi connectivity index (χ3v) is 16.6. The van der Waals surface area contributed by atoms with Gasteiger partial charge in [0, 0.05) is 94.7 Å². The SMILES string of the molecule is CC#N.N#CCC1(C(F)(F)F)c2cc(F)ccc2Nc2c1cc[nH]c2=O.NC1CC1.O=CCC1(C(F)(F)F)c2cc(F)ccc2Nc2c1cc[nH]c2=O.O=c1[nH]ccc2c(C(F)(F)F)c3cc(F)ccc3nc12.O=c1[nH]ccc2c1Nc1ccc(F)cc1C2(CCNC1CC1)C(F)(F)F. The summed E-state index contributed by atoms with van der Waals surface area (Å²) in [5.41, 5.74) is -9.85. The number of alkyl halides is 12. The molecule has 0 bridgehead atoms. The van der Waals surface area contributed by atoms with Gasteiger partial charge in [0.15, 0.2) is 0 Å². The van der Waals surface area contributed by atoms with Crippen LogP contribution in [0.15, 0.2) is 141 Å². The van der Waals surface area contributed by atoms with Gasteiger partial charge in [-0.25, -0.2) is 22.5 Å². The van der Waals surface area contributed by atoms with Crippen molar-refractivity contribution in [3.05, 3.63) is 225 Å². The number of nitriles is 2. The van der Waals surface area contributed by atoms with Gasteiger partial charge in [-0.2, -0.15) is 63.2 Å². The van der Waals surface area contributed by atoms with E-state index in [1.54, 1.807) is 6.07 Å². The van der Waals surface area contributed by atoms with Crippen LogP contribution in [-0.2, 0) is 27.2 Å². The number of nitrogens with zero attached hydrogens (tertiary/aromatic N) is 3. The minimum atomic E-state index is -4.90. The van der Waals surface area contributed by atoms with Gasteiger partial charge in [-0.3, -0.25) is 19.2 Å². The molecule has 2 fully saturated rings. The molecule has 0 saturated heterocycles. The second-order valence-electron chi connectivity index (χ2n) is 22.9. The number of fused-ring (bicyclic) bond motifs is 8. The van der Waals surface area contributed by atoms with Crippen molar-refractivity contribution in [1.82, 2.24) is 30.2 Å². The van der Waals surface area contributed by atoms with Crippen molar-refractivity contribution >= 4 is 62.2 Å². The number of pyridine rings is 5. The van der Waals surface area contributed by atoms with Gasteiger partial charge in [-0.1, -0.05) is 0 Å². The maximum atomic E-state index is 14.5. The van der Waals surface area contributed by atoms with E-state index < -0.39 is 127 Å². The van der Waals surface area contributed by atoms with E-state index in [9.17, 15) is 94.2 Å². The van der Waals surface area contributed by atoms with Crippen LogP contribution in [0, 0.1) is 45.9 Å². The number of benzene rings is 4. The number of H-pyrrole nitrogens is 4. The molecular formula is C66H52F16N12O5. The molecule has 5 aromatic heterocycles. The molecule has 3 aliphatic heterocycles. The topological polar surface area (TPSA) is 283 Å². The molecule has 5 aliphatic rings. The number of aldehydes is 1. The molecule has 0 radical (unpaired) electrons. The molecule has 2 aliphatic carbocycles. The monoisotopic (exact) mass is 1400 g/mol. The van der Waals surface area contributed by atoms with Gasteiger partial charge in [-0.15, -0.1) is 0 Å². The smallest absolute Gasteiger partial charge is 0.351 e. The van der Waals surface area contributed by atoms with Crippen molar-refractivity contribution in [3.63, 3.8) is 0 Å². The van der Waals surface area contributed by atoms with Gasteiger partial charge >= 0.3 is 24.7 Å². The first-order valence-corrected chi connectivity index (χ1v) is 29.5. The Hall–Kier alpha value is -10.8. The highest BCUT2D eigenvalue weighted by Gasteiger charge is 2.63. The van der Waals surface area contributed by atoms with E-state index in [0.29, 0.717) is 6.04 Å². The summed E-state index contributed by atoms with van der Waals surface area (Å²) >= 11 is 0. The molecule has 0 spiro atoms. The minimum absolute atomic E-state index is 0.0526. The number of nitrogens with one attached hydrogen (secondary N) is 8. The summed E-state index contributed by atoms with van der Waals surface area (Å²) in [6.45, 7) is 1.55. The number of hydrogen-bond donors (Lipinski definition) is 9. The fourth-order valence-electron chi connectivity index (χ4n) is 11.9. The minimum Gasteiger partial charge on any atom is -0.351 e. The maximum absolute atomic E-state index is 14.5. The lowest BCUT2D eigenvalue weighted by Gasteiger charge is -2.42. The van der Waals surface area contributed by atoms with Crippen molar-refractivity contribution in [2.24, 2.45) is 5.73 Å². The molecule has 8 heterocycles. The lowest BCUT2D eigenvalue weighted by molar-refractivity contribution is -0.180. The summed E-state index contributed by atoms with van der Waals surface area (Å²) in [7, 11) is 0. The first-order valence-electron chi connectivity index (χ1n) is 29.5. The third-order valence-electron chi connectivity index (χ3n) is 16.6. The molecule has 14 rings (SSSR count). The maximum Gasteiger partial charge on any atom is 0.417 e. The average molecular weight is 1400 g/mol. The van der Waals surface area contributed by atoms with Crippen LogP contribution >= 0.6 is 0 Å². The van der Waals surface area contributed by atoms with Crippen molar-refractivity contribution in [3.8, 4) is 12.1 Å². The molecule has 3 atom stereocenters. The van der Waals surface area contributed by atoms with Crippen molar-refractivity contribution in [1.29, 1.82) is 10.5 Å². The predicted molar refractivity (Wildman–Crippen MR) is 331 cm³/mol. The van der Waals surface area contributed by atoms with Gasteiger partial charge in [0.25, 0.3) is 22.2 Å². The van der Waals surface area contributed by atoms with Crippen LogP contribution in [-0.4, -0.2) is 68.4 Å². The number of rotatable bonds is 7. The molecule has 4 aromatic carbocycles. The van der Waals surface area contributed by atoms with Crippen LogP contribution < -0.4 is 49.2 Å². The number of halogens is 16. The number of anilines is 6. The Labute approximate surface area is 547 Å². The summed E-state index contributed by atoms with van der Waals surface area (Å²) in [6.07, 6.45) is -12.5. The van der Waals surface area contributed by atoms with Gasteiger partial charge in [0.05, 0.1) is 29.6 Å². The highest BCUT2D eigenvalue weighted by atomic mass is 19.4. The molecule has 99 heavy (non-hydrogen) atoms. The number of aromatic nitrogens is 5. The van der Waals surface area contributed by atoms with Crippen LogP contribution in [0.2, 0.25) is 0 Å². The Bertz CT molecular complexity index is 4890. The standard InChI is InChI=1S/C18H17F4N3O.C15H9F4N3O.C15H10F4N2O2.C13H6F4N2O.C3H7N.C2H3N/c19-10-1-4-14-13(9-10)17(18(20,21)22,6-8-23-11-2-3-11)12-5-7-24-16(26)15(12)25-14;16-8-1-2-11-10(7-8)14(4-5-20,15(17,18)19)9-3-6-21-13(23)12(9)22-11;16-8-1-2-11-10(7-8)14(4-6-22,15(17,18)19)9-3-5-20-13(23)12(9)21-11;14-6-1-2-9-8(5-6)10(13(15,16)17)7-3-4-18-12(20)11(7)19-9;4-3-1-2-3;1-2-3/h1,4-5,7,9,11,23,25H,2-3,6,8H2,(H,24,26);1-3,6-7,22H,4H2,(H,21,23);1-3,5-7,21H,4H2,(H,20,23);1-5H,(H,18,20);3H,1-2,4H2;1H3. The number of carbonyl (C=O) groups excluding carboxylic acids is 1. The third kappa shape index (κ3) is 14.2. The first-order chi connectivity index (χ1) is 46.6. The Morgan fingerprint density at radius 1 is 0.535 bits per heavy atom. The molecular weight excluding hydrogens is 1340 g/mol. The average Bonchev–Trinajstić information content (AvgIpc) is 1.40. The van der Waals surface area contributed by atoms with Crippen LogP contribution in [0.5, 0.6) is 0 Å². The molecule has 518 valence electrons. The van der Waals surface area contributed by atoms with Gasteiger partial charge in [0.2, 0.25) is 0 Å². The van der Waals surface area contributed by atoms with Crippen molar-refractivity contribution in [2.45, 2.75) is 105 Å². The zero-order valence-corrected chi connectivity index (χ0v) is 50.9. The second-order valence-corrected chi connectivity index (χ2v) is 22.9. The quantitative estimate of drug-likeness (QED) is 0.0408. The first kappa shape index (κ1) is 72.5. The Balaban J connectivity index is 0.000000149. The fraction of sp³-hybridized carbons (Fsp3) is 0.273. The van der Waals surface area contributed by atoms with Gasteiger partial charge in [-0.05, 0) is 152 Å². The van der Waals surface area contributed by atoms with E-state index in [1.807, 2.05) is 0 Å². The van der Waals surface area contributed by atoms with E-state index in [-0.39, 0.29) is 92.4 Å². The van der Waals surface area contributed by atoms with Crippen molar-refractivity contribution in [2.75, 3.05) is 22.5 Å². The molecule has 17 nitrogen and oxygen atoms in total. The molecule has 9 aromatic rings. The highest BCUT2D eigenvalue weighted by Crippen LogP contribution is 2.58. The van der Waals surface area contributed by atoms with E-state index in [2.05, 4.69) is 46.2 Å². The molecule has 3 unspecified atom stereocenters. The summed E-state index contributed by atoms with van der Waals surface area (Å²) < 4.78 is 221. The lowest BCUT2D eigenvalue weighted by Crippen LogP contribution is -2.48. The number of aromatic amines is 4. The van der Waals surface area contributed by atoms with E-state index >= 15 is 0 Å². The zero-order chi connectivity index (χ0) is 72.4. The number of nitrogens with two attached hydrogens (primary N) is 1. The van der Waals surface area contributed by atoms with Crippen LogP contribution in [0.3, 0.4) is 0 Å². The largest absolute Gasteiger partial charge is 0.417 e. The summed E-state index contributed by atoms with van der Waals surface area (Å²) in [4.78, 5) is 71.8. The number of hydrogen-bond acceptors (Lipinski definition) is 13. The number of carbonyl (C=O) groups is 1. The zero-order valence-electron chi connectivity index (χ0n) is 50.9.